The average molecular weight is 293 g/mol. The lowest BCUT2D eigenvalue weighted by Gasteiger charge is -2.37. The number of rotatable bonds is 3. The van der Waals surface area contributed by atoms with Crippen molar-refractivity contribution in [2.45, 2.75) is 64.6 Å². The molecule has 2 bridgehead atoms. The van der Waals surface area contributed by atoms with Gasteiger partial charge in [0, 0.05) is 24.7 Å². The van der Waals surface area contributed by atoms with E-state index in [1.807, 2.05) is 13.8 Å². The van der Waals surface area contributed by atoms with Crippen LogP contribution in [-0.2, 0) is 0 Å². The normalized spacial score (nSPS) is 28.6. The number of aromatic nitrogens is 1. The molecule has 2 aliphatic rings. The van der Waals surface area contributed by atoms with E-state index in [2.05, 4.69) is 22.1 Å². The monoisotopic (exact) mass is 293 g/mol. The molecule has 0 spiro atoms. The fraction of sp³-hybridized carbons (Fsp3) is 0.733. The topological polar surface area (TPSA) is 45.2 Å². The highest BCUT2D eigenvalue weighted by molar-refractivity contribution is 7.13. The van der Waals surface area contributed by atoms with Gasteiger partial charge in [-0.3, -0.25) is 4.79 Å². The van der Waals surface area contributed by atoms with E-state index in [0.717, 1.165) is 35.0 Å². The predicted molar refractivity (Wildman–Crippen MR) is 81.3 cm³/mol. The van der Waals surface area contributed by atoms with Crippen LogP contribution < -0.4 is 5.32 Å². The molecule has 3 heterocycles. The second kappa shape index (κ2) is 5.45. The molecule has 2 aliphatic heterocycles. The van der Waals surface area contributed by atoms with Gasteiger partial charge in [0.15, 0.2) is 0 Å². The Morgan fingerprint density at radius 2 is 2.00 bits per heavy atom. The highest BCUT2D eigenvalue weighted by Gasteiger charge is 2.37. The van der Waals surface area contributed by atoms with Gasteiger partial charge in [0.1, 0.15) is 4.88 Å². The molecule has 0 aromatic carbocycles. The number of carbonyl (C=O) groups is 1. The minimum absolute atomic E-state index is 0.182. The Morgan fingerprint density at radius 1 is 1.35 bits per heavy atom. The molecule has 4 nitrogen and oxygen atoms in total. The van der Waals surface area contributed by atoms with Crippen molar-refractivity contribution < 1.29 is 4.79 Å². The number of piperidine rings is 1. The van der Waals surface area contributed by atoms with Gasteiger partial charge in [-0.1, -0.05) is 0 Å². The molecule has 110 valence electrons. The third-order valence-electron chi connectivity index (χ3n) is 4.59. The first-order valence-corrected chi connectivity index (χ1v) is 8.41. The molecule has 20 heavy (non-hydrogen) atoms. The Hall–Kier alpha value is -0.940. The van der Waals surface area contributed by atoms with Crippen LogP contribution in [-0.4, -0.2) is 40.5 Å². The van der Waals surface area contributed by atoms with Crippen LogP contribution >= 0.6 is 11.3 Å². The maximum Gasteiger partial charge on any atom is 0.266 e. The molecular weight excluding hydrogens is 270 g/mol. The number of hydrogen-bond acceptors (Lipinski definition) is 4. The number of fused-ring (bicyclic) bond motifs is 2. The number of aryl methyl sites for hydroxylation is 2. The van der Waals surface area contributed by atoms with E-state index >= 15 is 0 Å². The largest absolute Gasteiger partial charge is 0.335 e. The van der Waals surface area contributed by atoms with E-state index in [4.69, 9.17) is 0 Å². The third-order valence-corrected chi connectivity index (χ3v) is 5.65. The summed E-state index contributed by atoms with van der Waals surface area (Å²) in [4.78, 5) is 20.1. The number of amides is 1. The summed E-state index contributed by atoms with van der Waals surface area (Å²) < 4.78 is 0. The smallest absolute Gasteiger partial charge is 0.266 e. The average Bonchev–Trinajstić information content (AvgIpc) is 2.92. The quantitative estimate of drug-likeness (QED) is 0.931. The van der Waals surface area contributed by atoms with Crippen molar-refractivity contribution in [1.29, 1.82) is 0 Å². The van der Waals surface area contributed by atoms with Crippen molar-refractivity contribution in [1.82, 2.24) is 15.2 Å². The number of hydrogen-bond donors (Lipinski definition) is 1. The van der Waals surface area contributed by atoms with Gasteiger partial charge in [0.05, 0.1) is 10.7 Å². The predicted octanol–water partition coefficient (Wildman–Crippen LogP) is 2.51. The van der Waals surface area contributed by atoms with E-state index in [-0.39, 0.29) is 5.91 Å². The SMILES string of the molecule is CCN(C(=O)c1sc(C)nc1C)C1CC2CCC(C1)N2. The standard InChI is InChI=1S/C15H23N3OS/c1-4-18(13-7-11-5-6-12(8-13)17-11)15(19)14-9(2)16-10(3)20-14/h11-13,17H,4-8H2,1-3H3. The van der Waals surface area contributed by atoms with Crippen molar-refractivity contribution in [2.75, 3.05) is 6.54 Å². The zero-order valence-electron chi connectivity index (χ0n) is 12.5. The molecular formula is C15H23N3OS. The second-order valence-electron chi connectivity index (χ2n) is 6.00. The van der Waals surface area contributed by atoms with E-state index in [9.17, 15) is 4.79 Å². The lowest BCUT2D eigenvalue weighted by Crippen LogP contribution is -2.50. The van der Waals surface area contributed by atoms with Crippen LogP contribution in [0, 0.1) is 13.8 Å². The molecule has 1 amide bonds. The lowest BCUT2D eigenvalue weighted by molar-refractivity contribution is 0.0635. The number of nitrogens with one attached hydrogen (secondary N) is 1. The molecule has 2 unspecified atom stereocenters. The molecule has 3 rings (SSSR count). The zero-order valence-corrected chi connectivity index (χ0v) is 13.3. The lowest BCUT2D eigenvalue weighted by atomic mass is 9.98. The van der Waals surface area contributed by atoms with Crippen LogP contribution in [0.2, 0.25) is 0 Å². The van der Waals surface area contributed by atoms with Crippen LogP contribution in [0.15, 0.2) is 0 Å². The van der Waals surface area contributed by atoms with E-state index in [1.165, 1.54) is 24.2 Å². The Morgan fingerprint density at radius 3 is 2.50 bits per heavy atom. The summed E-state index contributed by atoms with van der Waals surface area (Å²) in [5.74, 6) is 0.182. The minimum Gasteiger partial charge on any atom is -0.335 e. The Kier molecular flexibility index (Phi) is 3.82. The number of carbonyl (C=O) groups excluding carboxylic acids is 1. The van der Waals surface area contributed by atoms with Crippen LogP contribution in [0.3, 0.4) is 0 Å². The molecule has 0 saturated carbocycles. The molecule has 2 fully saturated rings. The van der Waals surface area contributed by atoms with Crippen molar-refractivity contribution in [3.63, 3.8) is 0 Å². The van der Waals surface area contributed by atoms with Crippen LogP contribution in [0.4, 0.5) is 0 Å². The van der Waals surface area contributed by atoms with Crippen molar-refractivity contribution >= 4 is 17.2 Å². The zero-order chi connectivity index (χ0) is 14.3. The second-order valence-corrected chi connectivity index (χ2v) is 7.20. The molecule has 5 heteroatoms. The summed E-state index contributed by atoms with van der Waals surface area (Å²) >= 11 is 1.53. The first-order chi connectivity index (χ1) is 9.58. The van der Waals surface area contributed by atoms with Crippen LogP contribution in [0.25, 0.3) is 0 Å². The molecule has 1 aromatic heterocycles. The maximum absolute atomic E-state index is 12.8. The van der Waals surface area contributed by atoms with Gasteiger partial charge in [-0.25, -0.2) is 4.98 Å². The Bertz CT molecular complexity index is 501. The number of thiazole rings is 1. The van der Waals surface area contributed by atoms with E-state index in [1.54, 1.807) is 0 Å². The van der Waals surface area contributed by atoms with Crippen LogP contribution in [0.5, 0.6) is 0 Å². The highest BCUT2D eigenvalue weighted by atomic mass is 32.1. The van der Waals surface area contributed by atoms with Crippen molar-refractivity contribution in [3.8, 4) is 0 Å². The molecule has 2 atom stereocenters. The first-order valence-electron chi connectivity index (χ1n) is 7.59. The summed E-state index contributed by atoms with van der Waals surface area (Å²) in [5, 5.41) is 4.62. The summed E-state index contributed by atoms with van der Waals surface area (Å²) in [5.41, 5.74) is 0.882. The van der Waals surface area contributed by atoms with Gasteiger partial charge in [-0.2, -0.15) is 0 Å². The third kappa shape index (κ3) is 2.49. The first kappa shape index (κ1) is 14.0. The highest BCUT2D eigenvalue weighted by Crippen LogP contribution is 2.31. The Balaban J connectivity index is 1.79. The fourth-order valence-corrected chi connectivity index (χ4v) is 4.59. The maximum atomic E-state index is 12.8. The summed E-state index contributed by atoms with van der Waals surface area (Å²) in [6.07, 6.45) is 4.75. The van der Waals surface area contributed by atoms with E-state index in [0.29, 0.717) is 18.1 Å². The summed E-state index contributed by atoms with van der Waals surface area (Å²) in [6, 6.07) is 1.63. The van der Waals surface area contributed by atoms with Gasteiger partial charge >= 0.3 is 0 Å². The summed E-state index contributed by atoms with van der Waals surface area (Å²) in [6.45, 7) is 6.79. The van der Waals surface area contributed by atoms with Gasteiger partial charge in [0.2, 0.25) is 0 Å². The number of nitrogens with zero attached hydrogens (tertiary/aromatic N) is 2. The molecule has 0 radical (unpaired) electrons. The fourth-order valence-electron chi connectivity index (χ4n) is 3.71. The molecule has 1 aromatic rings. The van der Waals surface area contributed by atoms with Crippen molar-refractivity contribution in [2.24, 2.45) is 0 Å². The summed E-state index contributed by atoms with van der Waals surface area (Å²) in [7, 11) is 0. The van der Waals surface area contributed by atoms with Gasteiger partial charge in [0.25, 0.3) is 5.91 Å². The van der Waals surface area contributed by atoms with Crippen LogP contribution in [0.1, 0.15) is 53.0 Å². The van der Waals surface area contributed by atoms with Crippen molar-refractivity contribution in [3.05, 3.63) is 15.6 Å². The van der Waals surface area contributed by atoms with Gasteiger partial charge in [-0.15, -0.1) is 11.3 Å². The molecule has 1 N–H and O–H groups in total. The molecule has 2 saturated heterocycles. The Labute approximate surface area is 124 Å². The van der Waals surface area contributed by atoms with E-state index < -0.39 is 0 Å². The molecule has 0 aliphatic carbocycles. The van der Waals surface area contributed by atoms with Gasteiger partial charge < -0.3 is 10.2 Å². The van der Waals surface area contributed by atoms with Gasteiger partial charge in [-0.05, 0) is 46.5 Å². The minimum atomic E-state index is 0.182.